The first kappa shape index (κ1) is 9.38. The number of aliphatic carboxylic acids is 1. The van der Waals surface area contributed by atoms with Crippen LogP contribution in [0.15, 0.2) is 16.9 Å². The maximum absolute atomic E-state index is 10.6. The Hall–Kier alpha value is -2.18. The van der Waals surface area contributed by atoms with Crippen molar-refractivity contribution in [2.75, 3.05) is 0 Å². The van der Waals surface area contributed by atoms with Crippen LogP contribution in [0.25, 0.3) is 5.82 Å². The molecule has 7 heteroatoms. The van der Waals surface area contributed by atoms with Crippen LogP contribution >= 0.6 is 0 Å². The summed E-state index contributed by atoms with van der Waals surface area (Å²) in [6.45, 7) is 1.72. The Balaban J connectivity index is 2.45. The van der Waals surface area contributed by atoms with Gasteiger partial charge in [-0.3, -0.25) is 9.36 Å². The fraction of sp³-hybridized carbons (Fsp3) is 0.250. The summed E-state index contributed by atoms with van der Waals surface area (Å²) in [5.41, 5.74) is 0. The Morgan fingerprint density at radius 3 is 3.00 bits per heavy atom. The van der Waals surface area contributed by atoms with Crippen molar-refractivity contribution in [2.24, 2.45) is 0 Å². The summed E-state index contributed by atoms with van der Waals surface area (Å²) in [5.74, 6) is 0.412. The third-order valence-electron chi connectivity index (χ3n) is 1.85. The van der Waals surface area contributed by atoms with E-state index in [0.29, 0.717) is 17.5 Å². The van der Waals surface area contributed by atoms with Gasteiger partial charge in [0.2, 0.25) is 0 Å². The minimum Gasteiger partial charge on any atom is -0.481 e. The van der Waals surface area contributed by atoms with Gasteiger partial charge in [0.25, 0.3) is 0 Å². The number of aromatic nitrogens is 4. The smallest absolute Gasteiger partial charge is 0.311 e. The molecule has 7 nitrogen and oxygen atoms in total. The van der Waals surface area contributed by atoms with Gasteiger partial charge in [0.05, 0.1) is 0 Å². The molecule has 0 unspecified atom stereocenters. The minimum absolute atomic E-state index is 0.201. The van der Waals surface area contributed by atoms with Crippen LogP contribution in [0, 0.1) is 6.92 Å². The number of aryl methyl sites for hydroxylation is 1. The summed E-state index contributed by atoms with van der Waals surface area (Å²) in [6.07, 6.45) is 1.20. The zero-order valence-electron chi connectivity index (χ0n) is 7.91. The summed E-state index contributed by atoms with van der Waals surface area (Å²) in [4.78, 5) is 10.6. The van der Waals surface area contributed by atoms with E-state index in [1.807, 2.05) is 0 Å². The first-order valence-electron chi connectivity index (χ1n) is 4.22. The van der Waals surface area contributed by atoms with Crippen molar-refractivity contribution in [3.8, 4) is 5.82 Å². The van der Waals surface area contributed by atoms with Crippen LogP contribution in [0.5, 0.6) is 0 Å². The van der Waals surface area contributed by atoms with Crippen LogP contribution in [0.4, 0.5) is 0 Å². The number of carbonyl (C=O) groups is 1. The zero-order chi connectivity index (χ0) is 10.8. The lowest BCUT2D eigenvalue weighted by molar-refractivity contribution is -0.136. The van der Waals surface area contributed by atoms with Gasteiger partial charge < -0.3 is 9.63 Å². The van der Waals surface area contributed by atoms with E-state index < -0.39 is 5.97 Å². The molecule has 78 valence electrons. The lowest BCUT2D eigenvalue weighted by atomic mass is 10.4. The van der Waals surface area contributed by atoms with Crippen molar-refractivity contribution in [1.82, 2.24) is 19.9 Å². The molecule has 0 spiro atoms. The van der Waals surface area contributed by atoms with Crippen molar-refractivity contribution >= 4 is 5.97 Å². The minimum atomic E-state index is -0.966. The molecule has 0 aromatic carbocycles. The molecule has 0 aliphatic heterocycles. The third-order valence-corrected chi connectivity index (χ3v) is 1.85. The van der Waals surface area contributed by atoms with Crippen molar-refractivity contribution in [2.45, 2.75) is 13.3 Å². The first-order chi connectivity index (χ1) is 7.18. The maximum atomic E-state index is 10.6. The molecule has 2 rings (SSSR count). The van der Waals surface area contributed by atoms with E-state index in [0.717, 1.165) is 0 Å². The number of nitrogens with zero attached hydrogens (tertiary/aromatic N) is 4. The normalized spacial score (nSPS) is 10.5. The average molecular weight is 208 g/mol. The standard InChI is InChI=1S/C8H8N4O3/c1-5-9-10-7(4-8(13)14)12(5)6-2-3-15-11-6/h2-3H,4H2,1H3,(H,13,14). The molecule has 0 saturated heterocycles. The highest BCUT2D eigenvalue weighted by Crippen LogP contribution is 2.10. The van der Waals surface area contributed by atoms with E-state index in [1.165, 1.54) is 10.8 Å². The molecule has 2 aromatic heterocycles. The zero-order valence-corrected chi connectivity index (χ0v) is 7.91. The fourth-order valence-electron chi connectivity index (χ4n) is 1.28. The average Bonchev–Trinajstić information content (AvgIpc) is 2.74. The van der Waals surface area contributed by atoms with Crippen molar-refractivity contribution in [3.63, 3.8) is 0 Å². The molecule has 0 aliphatic rings. The van der Waals surface area contributed by atoms with E-state index in [4.69, 9.17) is 5.11 Å². The van der Waals surface area contributed by atoms with E-state index >= 15 is 0 Å². The van der Waals surface area contributed by atoms with E-state index in [-0.39, 0.29) is 6.42 Å². The predicted octanol–water partition coefficient (Wildman–Crippen LogP) is 0.191. The van der Waals surface area contributed by atoms with Gasteiger partial charge >= 0.3 is 5.97 Å². The van der Waals surface area contributed by atoms with Crippen LogP contribution in [-0.2, 0) is 11.2 Å². The summed E-state index contributed by atoms with van der Waals surface area (Å²) in [5, 5.41) is 19.9. The highest BCUT2D eigenvalue weighted by Gasteiger charge is 2.15. The Bertz CT molecular complexity index is 474. The molecular weight excluding hydrogens is 200 g/mol. The van der Waals surface area contributed by atoms with E-state index in [2.05, 4.69) is 19.9 Å². The van der Waals surface area contributed by atoms with Crippen LogP contribution in [0.3, 0.4) is 0 Å². The second-order valence-electron chi connectivity index (χ2n) is 2.93. The van der Waals surface area contributed by atoms with Gasteiger partial charge in [-0.15, -0.1) is 10.2 Å². The first-order valence-corrected chi connectivity index (χ1v) is 4.22. The number of carboxylic acid groups (broad SMARTS) is 1. The largest absolute Gasteiger partial charge is 0.481 e. The molecule has 0 fully saturated rings. The monoisotopic (exact) mass is 208 g/mol. The van der Waals surface area contributed by atoms with Crippen LogP contribution in [-0.4, -0.2) is 31.0 Å². The second kappa shape index (κ2) is 3.52. The highest BCUT2D eigenvalue weighted by molar-refractivity contribution is 5.69. The Morgan fingerprint density at radius 1 is 1.60 bits per heavy atom. The number of hydrogen-bond donors (Lipinski definition) is 1. The molecule has 0 bridgehead atoms. The topological polar surface area (TPSA) is 94.0 Å². The molecule has 2 aromatic rings. The SMILES string of the molecule is Cc1nnc(CC(=O)O)n1-c1ccon1. The van der Waals surface area contributed by atoms with Crippen LogP contribution in [0.1, 0.15) is 11.6 Å². The summed E-state index contributed by atoms with van der Waals surface area (Å²) in [6, 6.07) is 1.61. The molecule has 0 radical (unpaired) electrons. The Kier molecular flexibility index (Phi) is 2.20. The number of carboxylic acids is 1. The van der Waals surface area contributed by atoms with Gasteiger partial charge in [-0.25, -0.2) is 0 Å². The van der Waals surface area contributed by atoms with Crippen molar-refractivity contribution in [3.05, 3.63) is 24.0 Å². The van der Waals surface area contributed by atoms with Gasteiger partial charge in [-0.2, -0.15) is 0 Å². The van der Waals surface area contributed by atoms with Crippen molar-refractivity contribution in [1.29, 1.82) is 0 Å². The fourth-order valence-corrected chi connectivity index (χ4v) is 1.28. The van der Waals surface area contributed by atoms with E-state index in [1.54, 1.807) is 13.0 Å². The number of hydrogen-bond acceptors (Lipinski definition) is 5. The number of rotatable bonds is 3. The molecule has 2 heterocycles. The Morgan fingerprint density at radius 2 is 2.40 bits per heavy atom. The van der Waals surface area contributed by atoms with E-state index in [9.17, 15) is 4.79 Å². The molecule has 0 aliphatic carbocycles. The quantitative estimate of drug-likeness (QED) is 0.773. The highest BCUT2D eigenvalue weighted by atomic mass is 16.5. The summed E-state index contributed by atoms with van der Waals surface area (Å²) < 4.78 is 6.22. The van der Waals surface area contributed by atoms with Gasteiger partial charge in [-0.05, 0) is 6.92 Å². The predicted molar refractivity (Wildman–Crippen MR) is 47.5 cm³/mol. The van der Waals surface area contributed by atoms with Gasteiger partial charge in [0, 0.05) is 6.07 Å². The molecule has 1 N–H and O–H groups in total. The molecular formula is C8H8N4O3. The summed E-state index contributed by atoms with van der Waals surface area (Å²) >= 11 is 0. The molecule has 15 heavy (non-hydrogen) atoms. The third kappa shape index (κ3) is 1.71. The second-order valence-corrected chi connectivity index (χ2v) is 2.93. The van der Waals surface area contributed by atoms with Crippen molar-refractivity contribution < 1.29 is 14.4 Å². The molecule has 0 atom stereocenters. The lowest BCUT2D eigenvalue weighted by Crippen LogP contribution is -2.09. The molecule has 0 amide bonds. The Labute approximate surface area is 84.3 Å². The maximum Gasteiger partial charge on any atom is 0.311 e. The lowest BCUT2D eigenvalue weighted by Gasteiger charge is -2.01. The van der Waals surface area contributed by atoms with Gasteiger partial charge in [0.1, 0.15) is 24.3 Å². The molecule has 0 saturated carbocycles. The van der Waals surface area contributed by atoms with Crippen LogP contribution < -0.4 is 0 Å². The summed E-state index contributed by atoms with van der Waals surface area (Å²) in [7, 11) is 0. The van der Waals surface area contributed by atoms with Gasteiger partial charge in [0.15, 0.2) is 5.82 Å². The van der Waals surface area contributed by atoms with Gasteiger partial charge in [-0.1, -0.05) is 5.16 Å². The van der Waals surface area contributed by atoms with Crippen LogP contribution in [0.2, 0.25) is 0 Å².